The lowest BCUT2D eigenvalue weighted by molar-refractivity contribution is 1.26. The summed E-state index contributed by atoms with van der Waals surface area (Å²) >= 11 is 0. The average molecular weight is 302 g/mol. The molecular formula is C19H18N4. The van der Waals surface area contributed by atoms with Gasteiger partial charge < -0.3 is 9.97 Å². The Labute approximate surface area is 135 Å². The van der Waals surface area contributed by atoms with Crippen molar-refractivity contribution in [2.75, 3.05) is 0 Å². The van der Waals surface area contributed by atoms with Crippen molar-refractivity contribution in [3.63, 3.8) is 0 Å². The molecule has 0 aliphatic rings. The van der Waals surface area contributed by atoms with Crippen LogP contribution in [0.25, 0.3) is 22.8 Å². The van der Waals surface area contributed by atoms with Crippen LogP contribution in [0.4, 0.5) is 0 Å². The second-order valence-corrected chi connectivity index (χ2v) is 5.08. The molecule has 4 nitrogen and oxygen atoms in total. The van der Waals surface area contributed by atoms with E-state index >= 15 is 0 Å². The Morgan fingerprint density at radius 3 is 1.83 bits per heavy atom. The zero-order chi connectivity index (χ0) is 15.9. The first-order valence-corrected chi connectivity index (χ1v) is 7.45. The van der Waals surface area contributed by atoms with Gasteiger partial charge in [0.1, 0.15) is 11.6 Å². The molecule has 0 atom stereocenters. The Morgan fingerprint density at radius 2 is 1.35 bits per heavy atom. The number of nitrogens with zero attached hydrogens (tertiary/aromatic N) is 2. The average Bonchev–Trinajstić information content (AvgIpc) is 3.29. The molecule has 2 aromatic heterocycles. The molecule has 114 valence electrons. The van der Waals surface area contributed by atoms with Gasteiger partial charge in [-0.05, 0) is 6.92 Å². The number of hydrogen-bond acceptors (Lipinski definition) is 2. The highest BCUT2D eigenvalue weighted by molar-refractivity contribution is 5.55. The molecule has 2 heterocycles. The molecule has 23 heavy (non-hydrogen) atoms. The number of rotatable bonds is 2. The Hall–Kier alpha value is -3.14. The van der Waals surface area contributed by atoms with E-state index in [9.17, 15) is 0 Å². The van der Waals surface area contributed by atoms with Gasteiger partial charge in [0.25, 0.3) is 0 Å². The van der Waals surface area contributed by atoms with Crippen LogP contribution >= 0.6 is 0 Å². The SMILES string of the molecule is Cc1cnc(-c2ccccc2)[nH]1.c1ccc(-c2ncc[nH]2)cc1. The largest absolute Gasteiger partial charge is 0.345 e. The lowest BCUT2D eigenvalue weighted by Gasteiger charge is -1.93. The van der Waals surface area contributed by atoms with Crippen LogP contribution in [0.5, 0.6) is 0 Å². The molecule has 0 fully saturated rings. The van der Waals surface area contributed by atoms with E-state index in [-0.39, 0.29) is 0 Å². The van der Waals surface area contributed by atoms with Crippen molar-refractivity contribution in [2.24, 2.45) is 0 Å². The lowest BCUT2D eigenvalue weighted by Crippen LogP contribution is -1.78. The van der Waals surface area contributed by atoms with Crippen molar-refractivity contribution in [3.05, 3.63) is 84.9 Å². The van der Waals surface area contributed by atoms with Crippen molar-refractivity contribution in [1.29, 1.82) is 0 Å². The highest BCUT2D eigenvalue weighted by Crippen LogP contribution is 2.14. The normalized spacial score (nSPS) is 9.96. The molecule has 0 bridgehead atoms. The maximum absolute atomic E-state index is 4.23. The summed E-state index contributed by atoms with van der Waals surface area (Å²) in [6, 6.07) is 20.1. The minimum Gasteiger partial charge on any atom is -0.345 e. The number of benzene rings is 2. The molecule has 0 unspecified atom stereocenters. The fraction of sp³-hybridized carbons (Fsp3) is 0.0526. The highest BCUT2D eigenvalue weighted by Gasteiger charge is 1.98. The predicted octanol–water partition coefficient (Wildman–Crippen LogP) is 4.46. The Balaban J connectivity index is 0.000000136. The van der Waals surface area contributed by atoms with Gasteiger partial charge in [0.05, 0.1) is 0 Å². The number of aromatic nitrogens is 4. The maximum Gasteiger partial charge on any atom is 0.137 e. The molecule has 0 amide bonds. The van der Waals surface area contributed by atoms with Crippen molar-refractivity contribution in [1.82, 2.24) is 19.9 Å². The second kappa shape index (κ2) is 7.22. The molecular weight excluding hydrogens is 284 g/mol. The summed E-state index contributed by atoms with van der Waals surface area (Å²) in [4.78, 5) is 14.6. The fourth-order valence-corrected chi connectivity index (χ4v) is 2.17. The first kappa shape index (κ1) is 14.8. The van der Waals surface area contributed by atoms with E-state index in [1.54, 1.807) is 6.20 Å². The van der Waals surface area contributed by atoms with Gasteiger partial charge in [0.2, 0.25) is 0 Å². The summed E-state index contributed by atoms with van der Waals surface area (Å²) in [5.74, 6) is 1.86. The molecule has 2 N–H and O–H groups in total. The molecule has 4 aromatic rings. The van der Waals surface area contributed by atoms with Crippen LogP contribution in [-0.2, 0) is 0 Å². The third-order valence-corrected chi connectivity index (χ3v) is 3.30. The van der Waals surface area contributed by atoms with E-state index in [1.807, 2.05) is 80.0 Å². The topological polar surface area (TPSA) is 57.4 Å². The van der Waals surface area contributed by atoms with E-state index < -0.39 is 0 Å². The molecule has 4 heteroatoms. The fourth-order valence-electron chi connectivity index (χ4n) is 2.17. The second-order valence-electron chi connectivity index (χ2n) is 5.08. The van der Waals surface area contributed by atoms with Crippen LogP contribution in [0.15, 0.2) is 79.3 Å². The van der Waals surface area contributed by atoms with Gasteiger partial charge in [-0.2, -0.15) is 0 Å². The van der Waals surface area contributed by atoms with E-state index in [0.717, 1.165) is 28.5 Å². The quantitative estimate of drug-likeness (QED) is 0.574. The van der Waals surface area contributed by atoms with Crippen LogP contribution in [0.3, 0.4) is 0 Å². The zero-order valence-corrected chi connectivity index (χ0v) is 12.9. The van der Waals surface area contributed by atoms with E-state index in [1.165, 1.54) is 0 Å². The van der Waals surface area contributed by atoms with Crippen LogP contribution < -0.4 is 0 Å². The van der Waals surface area contributed by atoms with Crippen LogP contribution in [0.1, 0.15) is 5.69 Å². The highest BCUT2D eigenvalue weighted by atomic mass is 14.9. The van der Waals surface area contributed by atoms with Gasteiger partial charge in [0.15, 0.2) is 0 Å². The summed E-state index contributed by atoms with van der Waals surface area (Å²) in [7, 11) is 0. The molecule has 0 saturated carbocycles. The Morgan fingerprint density at radius 1 is 0.739 bits per heavy atom. The minimum absolute atomic E-state index is 0.922. The molecule has 0 aliphatic heterocycles. The number of H-pyrrole nitrogens is 2. The smallest absolute Gasteiger partial charge is 0.137 e. The molecule has 2 aromatic carbocycles. The van der Waals surface area contributed by atoms with Crippen molar-refractivity contribution < 1.29 is 0 Å². The number of aromatic amines is 2. The Kier molecular flexibility index (Phi) is 4.64. The predicted molar refractivity (Wildman–Crippen MR) is 92.8 cm³/mol. The maximum atomic E-state index is 4.23. The van der Waals surface area contributed by atoms with Crippen LogP contribution in [-0.4, -0.2) is 19.9 Å². The van der Waals surface area contributed by atoms with Crippen LogP contribution in [0, 0.1) is 6.92 Å². The van der Waals surface area contributed by atoms with Crippen molar-refractivity contribution >= 4 is 0 Å². The molecule has 4 rings (SSSR count). The molecule has 0 aliphatic carbocycles. The monoisotopic (exact) mass is 302 g/mol. The minimum atomic E-state index is 0.922. The number of aryl methyl sites for hydroxylation is 1. The van der Waals surface area contributed by atoms with Gasteiger partial charge >= 0.3 is 0 Å². The standard InChI is InChI=1S/C10H10N2.C9H8N2/c1-8-7-11-10(12-8)9-5-3-2-4-6-9;1-2-4-8(5-3-1)9-10-6-7-11-9/h2-7H,1H3,(H,11,12);1-7H,(H,10,11). The Bertz CT molecular complexity index is 818. The van der Waals surface area contributed by atoms with Crippen LogP contribution in [0.2, 0.25) is 0 Å². The number of nitrogens with one attached hydrogen (secondary N) is 2. The summed E-state index contributed by atoms with van der Waals surface area (Å²) < 4.78 is 0. The lowest BCUT2D eigenvalue weighted by atomic mass is 10.2. The van der Waals surface area contributed by atoms with E-state index in [4.69, 9.17) is 0 Å². The van der Waals surface area contributed by atoms with Gasteiger partial charge in [-0.25, -0.2) is 9.97 Å². The zero-order valence-electron chi connectivity index (χ0n) is 12.9. The number of hydrogen-bond donors (Lipinski definition) is 2. The third-order valence-electron chi connectivity index (χ3n) is 3.30. The summed E-state index contributed by atoms with van der Waals surface area (Å²) in [6.45, 7) is 2.00. The third kappa shape index (κ3) is 3.95. The van der Waals surface area contributed by atoms with E-state index in [0.29, 0.717) is 0 Å². The number of imidazole rings is 2. The molecule has 0 radical (unpaired) electrons. The van der Waals surface area contributed by atoms with Gasteiger partial charge in [-0.3, -0.25) is 0 Å². The van der Waals surface area contributed by atoms with E-state index in [2.05, 4.69) is 19.9 Å². The molecule has 0 saturated heterocycles. The summed E-state index contributed by atoms with van der Waals surface area (Å²) in [5.41, 5.74) is 3.34. The first-order chi connectivity index (χ1) is 11.3. The summed E-state index contributed by atoms with van der Waals surface area (Å²) in [5, 5.41) is 0. The van der Waals surface area contributed by atoms with Gasteiger partial charge in [-0.15, -0.1) is 0 Å². The summed E-state index contributed by atoms with van der Waals surface area (Å²) in [6.07, 6.45) is 5.41. The van der Waals surface area contributed by atoms with Crippen molar-refractivity contribution in [2.45, 2.75) is 6.92 Å². The van der Waals surface area contributed by atoms with Crippen molar-refractivity contribution in [3.8, 4) is 22.8 Å². The molecule has 0 spiro atoms. The van der Waals surface area contributed by atoms with Gasteiger partial charge in [0, 0.05) is 35.4 Å². The first-order valence-electron chi connectivity index (χ1n) is 7.45. The van der Waals surface area contributed by atoms with Gasteiger partial charge in [-0.1, -0.05) is 60.7 Å².